The van der Waals surface area contributed by atoms with E-state index in [1.165, 1.54) is 37.8 Å². The fourth-order valence-corrected chi connectivity index (χ4v) is 4.71. The molecule has 3 saturated heterocycles. The van der Waals surface area contributed by atoms with Crippen LogP contribution in [0, 0.1) is 11.8 Å². The Morgan fingerprint density at radius 2 is 1.85 bits per heavy atom. The molecule has 1 atom stereocenters. The molecule has 0 unspecified atom stereocenters. The summed E-state index contributed by atoms with van der Waals surface area (Å²) in [5.41, 5.74) is 1.34. The van der Waals surface area contributed by atoms with Gasteiger partial charge in [0.15, 0.2) is 0 Å². The van der Waals surface area contributed by atoms with Crippen LogP contribution >= 0.6 is 0 Å². The van der Waals surface area contributed by atoms with Crippen LogP contribution in [0.5, 0.6) is 0 Å². The van der Waals surface area contributed by atoms with Crippen LogP contribution in [0.1, 0.15) is 37.7 Å². The van der Waals surface area contributed by atoms with Crippen LogP contribution < -0.4 is 0 Å². The maximum atomic E-state index is 6.21. The molecular formula is C21H32N2O3. The summed E-state index contributed by atoms with van der Waals surface area (Å²) < 4.78 is 17.6. The number of nitrogens with zero attached hydrogens (tertiary/aromatic N) is 2. The Morgan fingerprint density at radius 1 is 1.08 bits per heavy atom. The number of likely N-dealkylation sites (tertiary alicyclic amines) is 1. The lowest BCUT2D eigenvalue weighted by Gasteiger charge is -2.54. The van der Waals surface area contributed by atoms with Crippen LogP contribution in [0.2, 0.25) is 0 Å². The summed E-state index contributed by atoms with van der Waals surface area (Å²) in [6.45, 7) is 7.82. The van der Waals surface area contributed by atoms with Crippen molar-refractivity contribution in [3.05, 3.63) is 30.1 Å². The van der Waals surface area contributed by atoms with Gasteiger partial charge >= 0.3 is 0 Å². The number of aromatic nitrogens is 1. The van der Waals surface area contributed by atoms with Crippen molar-refractivity contribution in [2.45, 2.75) is 44.3 Å². The van der Waals surface area contributed by atoms with E-state index in [-0.39, 0.29) is 5.60 Å². The van der Waals surface area contributed by atoms with Gasteiger partial charge in [-0.05, 0) is 61.6 Å². The van der Waals surface area contributed by atoms with Crippen molar-refractivity contribution >= 4 is 0 Å². The molecule has 1 aromatic rings. The minimum atomic E-state index is 0.138. The Labute approximate surface area is 157 Å². The highest BCUT2D eigenvalue weighted by molar-refractivity contribution is 5.07. The Morgan fingerprint density at radius 3 is 2.65 bits per heavy atom. The van der Waals surface area contributed by atoms with Gasteiger partial charge in [-0.1, -0.05) is 0 Å². The van der Waals surface area contributed by atoms with Gasteiger partial charge in [-0.15, -0.1) is 0 Å². The molecule has 0 aromatic carbocycles. The molecule has 0 bridgehead atoms. The highest BCUT2D eigenvalue weighted by Gasteiger charge is 2.47. The van der Waals surface area contributed by atoms with Gasteiger partial charge < -0.3 is 14.2 Å². The van der Waals surface area contributed by atoms with Gasteiger partial charge in [0.2, 0.25) is 0 Å². The minimum Gasteiger partial charge on any atom is -0.381 e. The number of hydrogen-bond donors (Lipinski definition) is 0. The van der Waals surface area contributed by atoms with E-state index >= 15 is 0 Å². The molecule has 5 nitrogen and oxygen atoms in total. The molecule has 5 heteroatoms. The largest absolute Gasteiger partial charge is 0.381 e. The number of pyridine rings is 1. The first kappa shape index (κ1) is 18.4. The lowest BCUT2D eigenvalue weighted by Crippen LogP contribution is -2.65. The normalized spacial score (nSPS) is 26.7. The SMILES string of the molecule is c1cc(COCC[C@H]2CCOC3(C2)CN(CC2CCOCC2)C3)ccn1. The third kappa shape index (κ3) is 4.83. The number of ether oxygens (including phenoxy) is 3. The molecule has 0 N–H and O–H groups in total. The van der Waals surface area contributed by atoms with Crippen LogP contribution in [-0.2, 0) is 20.8 Å². The van der Waals surface area contributed by atoms with Crippen molar-refractivity contribution in [1.82, 2.24) is 9.88 Å². The first-order valence-electron chi connectivity index (χ1n) is 10.2. The lowest BCUT2D eigenvalue weighted by molar-refractivity contribution is -0.183. The molecule has 0 amide bonds. The van der Waals surface area contributed by atoms with E-state index in [2.05, 4.69) is 9.88 Å². The molecule has 0 saturated carbocycles. The van der Waals surface area contributed by atoms with Crippen molar-refractivity contribution in [2.75, 3.05) is 46.1 Å². The Hall–Kier alpha value is -1.01. The summed E-state index contributed by atoms with van der Waals surface area (Å²) in [5.74, 6) is 1.56. The monoisotopic (exact) mass is 360 g/mol. The molecule has 26 heavy (non-hydrogen) atoms. The maximum absolute atomic E-state index is 6.21. The minimum absolute atomic E-state index is 0.138. The van der Waals surface area contributed by atoms with Crippen molar-refractivity contribution in [2.24, 2.45) is 11.8 Å². The molecule has 3 aliphatic heterocycles. The van der Waals surface area contributed by atoms with Gasteiger partial charge in [0.1, 0.15) is 0 Å². The van der Waals surface area contributed by atoms with Gasteiger partial charge in [-0.25, -0.2) is 0 Å². The van der Waals surface area contributed by atoms with Gasteiger partial charge in [-0.2, -0.15) is 0 Å². The fraction of sp³-hybridized carbons (Fsp3) is 0.762. The predicted molar refractivity (Wildman–Crippen MR) is 99.9 cm³/mol. The quantitative estimate of drug-likeness (QED) is 0.700. The van der Waals surface area contributed by atoms with Crippen molar-refractivity contribution in [1.29, 1.82) is 0 Å². The highest BCUT2D eigenvalue weighted by Crippen LogP contribution is 2.38. The molecular weight excluding hydrogens is 328 g/mol. The van der Waals surface area contributed by atoms with Gasteiger partial charge in [0.05, 0.1) is 12.2 Å². The summed E-state index contributed by atoms with van der Waals surface area (Å²) in [6.07, 6.45) is 9.63. The fourth-order valence-electron chi connectivity index (χ4n) is 4.71. The predicted octanol–water partition coefficient (Wildman–Crippen LogP) is 2.90. The van der Waals surface area contributed by atoms with Crippen LogP contribution in [0.3, 0.4) is 0 Å². The van der Waals surface area contributed by atoms with Crippen LogP contribution in [0.25, 0.3) is 0 Å². The second-order valence-corrected chi connectivity index (χ2v) is 8.31. The van der Waals surface area contributed by atoms with Crippen molar-refractivity contribution in [3.8, 4) is 0 Å². The number of hydrogen-bond acceptors (Lipinski definition) is 5. The summed E-state index contributed by atoms with van der Waals surface area (Å²) in [6, 6.07) is 4.04. The number of rotatable bonds is 7. The molecule has 1 spiro atoms. The summed E-state index contributed by atoms with van der Waals surface area (Å²) in [7, 11) is 0. The average molecular weight is 360 g/mol. The van der Waals surface area contributed by atoms with Gasteiger partial charge in [0, 0.05) is 58.5 Å². The Bertz CT molecular complexity index is 541. The topological polar surface area (TPSA) is 43.8 Å². The van der Waals surface area contributed by atoms with E-state index in [1.54, 1.807) is 0 Å². The van der Waals surface area contributed by atoms with E-state index in [9.17, 15) is 0 Å². The average Bonchev–Trinajstić information content (AvgIpc) is 2.66. The lowest BCUT2D eigenvalue weighted by atomic mass is 9.79. The summed E-state index contributed by atoms with van der Waals surface area (Å²) in [5, 5.41) is 0. The van der Waals surface area contributed by atoms with Gasteiger partial charge in [0.25, 0.3) is 0 Å². The molecule has 0 aliphatic carbocycles. The molecule has 3 fully saturated rings. The molecule has 144 valence electrons. The van der Waals surface area contributed by atoms with E-state index in [1.807, 2.05) is 24.5 Å². The van der Waals surface area contributed by atoms with Crippen LogP contribution in [0.15, 0.2) is 24.5 Å². The standard InChI is InChI=1S/C21H32N2O3/c1-7-22-8-2-20(1)15-25-11-3-18-6-12-26-21(13-18)16-23(17-21)14-19-4-9-24-10-5-19/h1-2,7-8,18-19H,3-6,9-17H2/t18-/m0/s1. The smallest absolute Gasteiger partial charge is 0.0937 e. The van der Waals surface area contributed by atoms with E-state index in [0.29, 0.717) is 6.61 Å². The van der Waals surface area contributed by atoms with Crippen LogP contribution in [-0.4, -0.2) is 61.5 Å². The molecule has 4 heterocycles. The zero-order chi connectivity index (χ0) is 17.7. The van der Waals surface area contributed by atoms with Gasteiger partial charge in [-0.3, -0.25) is 9.88 Å². The van der Waals surface area contributed by atoms with Crippen molar-refractivity contribution in [3.63, 3.8) is 0 Å². The highest BCUT2D eigenvalue weighted by atomic mass is 16.5. The zero-order valence-corrected chi connectivity index (χ0v) is 15.8. The first-order valence-corrected chi connectivity index (χ1v) is 10.2. The third-order valence-corrected chi connectivity index (χ3v) is 6.16. The van der Waals surface area contributed by atoms with E-state index in [0.717, 1.165) is 57.8 Å². The van der Waals surface area contributed by atoms with E-state index < -0.39 is 0 Å². The molecule has 0 radical (unpaired) electrons. The zero-order valence-electron chi connectivity index (χ0n) is 15.8. The second kappa shape index (κ2) is 8.79. The molecule has 3 aliphatic rings. The third-order valence-electron chi connectivity index (χ3n) is 6.16. The van der Waals surface area contributed by atoms with E-state index in [4.69, 9.17) is 14.2 Å². The summed E-state index contributed by atoms with van der Waals surface area (Å²) >= 11 is 0. The first-order chi connectivity index (χ1) is 12.8. The maximum Gasteiger partial charge on any atom is 0.0937 e. The molecule has 1 aromatic heterocycles. The summed E-state index contributed by atoms with van der Waals surface area (Å²) in [4.78, 5) is 6.64. The van der Waals surface area contributed by atoms with Crippen molar-refractivity contribution < 1.29 is 14.2 Å². The van der Waals surface area contributed by atoms with Crippen LogP contribution in [0.4, 0.5) is 0 Å². The molecule has 4 rings (SSSR count). The Kier molecular flexibility index (Phi) is 6.20. The second-order valence-electron chi connectivity index (χ2n) is 8.31. The Balaban J connectivity index is 1.14.